The Balaban J connectivity index is 1.78. The van der Waals surface area contributed by atoms with E-state index in [9.17, 15) is 5.11 Å². The number of hydrogen-bond acceptors (Lipinski definition) is 4. The lowest BCUT2D eigenvalue weighted by molar-refractivity contribution is 0.0924. The lowest BCUT2D eigenvalue weighted by atomic mass is 10.1. The van der Waals surface area contributed by atoms with Gasteiger partial charge in [-0.1, -0.05) is 33.6 Å². The summed E-state index contributed by atoms with van der Waals surface area (Å²) in [6, 6.07) is 5.59. The van der Waals surface area contributed by atoms with Gasteiger partial charge in [0.1, 0.15) is 0 Å². The fourth-order valence-electron chi connectivity index (χ4n) is 2.61. The molecule has 1 aliphatic rings. The maximum atomic E-state index is 10.3. The van der Waals surface area contributed by atoms with Gasteiger partial charge < -0.3 is 15.1 Å². The Labute approximate surface area is 139 Å². The molecule has 1 unspecified atom stereocenters. The summed E-state index contributed by atoms with van der Waals surface area (Å²) in [5, 5.41) is 19.8. The number of β-amino-alcohol motifs (C(OH)–C–C–N with tert-alkyl or cyclic N) is 1. The van der Waals surface area contributed by atoms with Gasteiger partial charge in [-0.05, 0) is 24.1 Å². The normalized spacial score (nSPS) is 18.9. The summed E-state index contributed by atoms with van der Waals surface area (Å²) in [4.78, 5) is 4.61. The fraction of sp³-hybridized carbons (Fsp3) is 0.600. The molecule has 1 saturated heterocycles. The summed E-state index contributed by atoms with van der Waals surface area (Å²) < 4.78 is 0.920. The molecular formula is C15H22BrClN2O2. The summed E-state index contributed by atoms with van der Waals surface area (Å²) in [6.45, 7) is 5.78. The highest BCUT2D eigenvalue weighted by Gasteiger charge is 2.18. The second-order valence-corrected chi connectivity index (χ2v) is 6.70. The van der Waals surface area contributed by atoms with Crippen molar-refractivity contribution >= 4 is 27.5 Å². The average molecular weight is 378 g/mol. The zero-order chi connectivity index (χ0) is 15.2. The predicted octanol–water partition coefficient (Wildman–Crippen LogP) is 2.14. The first-order chi connectivity index (χ1) is 10.1. The molecule has 1 aliphatic heterocycles. The molecule has 1 aromatic rings. The van der Waals surface area contributed by atoms with E-state index >= 15 is 0 Å². The van der Waals surface area contributed by atoms with E-state index in [-0.39, 0.29) is 6.61 Å². The molecule has 2 N–H and O–H groups in total. The number of benzene rings is 1. The number of nitrogens with zero attached hydrogens (tertiary/aromatic N) is 2. The Morgan fingerprint density at radius 2 is 1.76 bits per heavy atom. The molecule has 0 radical (unpaired) electrons. The topological polar surface area (TPSA) is 46.9 Å². The van der Waals surface area contributed by atoms with Crippen LogP contribution in [0.1, 0.15) is 18.1 Å². The van der Waals surface area contributed by atoms with Crippen LogP contribution in [0, 0.1) is 0 Å². The van der Waals surface area contributed by atoms with Gasteiger partial charge in [-0.25, -0.2) is 0 Å². The summed E-state index contributed by atoms with van der Waals surface area (Å²) in [5.74, 6) is 0. The van der Waals surface area contributed by atoms with Gasteiger partial charge >= 0.3 is 0 Å². The Morgan fingerprint density at radius 1 is 1.14 bits per heavy atom. The summed E-state index contributed by atoms with van der Waals surface area (Å²) in [7, 11) is 0. The van der Waals surface area contributed by atoms with Crippen molar-refractivity contribution in [3.05, 3.63) is 33.3 Å². The predicted molar refractivity (Wildman–Crippen MR) is 88.7 cm³/mol. The van der Waals surface area contributed by atoms with Gasteiger partial charge in [0.2, 0.25) is 0 Å². The van der Waals surface area contributed by atoms with Crippen LogP contribution < -0.4 is 0 Å². The molecule has 6 heteroatoms. The van der Waals surface area contributed by atoms with Crippen molar-refractivity contribution in [3.63, 3.8) is 0 Å². The molecule has 0 bridgehead atoms. The van der Waals surface area contributed by atoms with Crippen molar-refractivity contribution < 1.29 is 10.2 Å². The third kappa shape index (κ3) is 5.20. The van der Waals surface area contributed by atoms with Crippen molar-refractivity contribution in [1.29, 1.82) is 0 Å². The lowest BCUT2D eigenvalue weighted by Crippen LogP contribution is -2.47. The standard InChI is InChI=1S/C15H22BrClN2O2/c16-12-1-2-13(14(17)11-12)15(21)3-4-18-5-7-19(8-6-18)9-10-20/h1-2,11,15,20-21H,3-10H2. The minimum absolute atomic E-state index is 0.223. The molecule has 0 amide bonds. The van der Waals surface area contributed by atoms with E-state index < -0.39 is 6.10 Å². The largest absolute Gasteiger partial charge is 0.395 e. The van der Waals surface area contributed by atoms with Crippen molar-refractivity contribution in [2.45, 2.75) is 12.5 Å². The van der Waals surface area contributed by atoms with E-state index in [1.807, 2.05) is 18.2 Å². The van der Waals surface area contributed by atoms with Crippen LogP contribution in [0.15, 0.2) is 22.7 Å². The second kappa shape index (κ2) is 8.46. The second-order valence-electron chi connectivity index (χ2n) is 5.38. The van der Waals surface area contributed by atoms with Gasteiger partial charge in [0.05, 0.1) is 12.7 Å². The molecule has 1 heterocycles. The maximum Gasteiger partial charge on any atom is 0.0816 e. The SMILES string of the molecule is OCCN1CCN(CCC(O)c2ccc(Br)cc2Cl)CC1. The van der Waals surface area contributed by atoms with Gasteiger partial charge in [0, 0.05) is 48.8 Å². The van der Waals surface area contributed by atoms with E-state index in [1.54, 1.807) is 0 Å². The molecule has 0 saturated carbocycles. The van der Waals surface area contributed by atoms with E-state index in [2.05, 4.69) is 25.7 Å². The first-order valence-corrected chi connectivity index (χ1v) is 8.46. The van der Waals surface area contributed by atoms with Crippen molar-refractivity contribution in [3.8, 4) is 0 Å². The third-order valence-electron chi connectivity index (χ3n) is 3.92. The van der Waals surface area contributed by atoms with Gasteiger partial charge in [0.25, 0.3) is 0 Å². The highest BCUT2D eigenvalue weighted by atomic mass is 79.9. The van der Waals surface area contributed by atoms with E-state index in [0.29, 0.717) is 11.4 Å². The van der Waals surface area contributed by atoms with Gasteiger partial charge in [-0.3, -0.25) is 4.90 Å². The number of hydrogen-bond donors (Lipinski definition) is 2. The molecule has 1 atom stereocenters. The Bertz CT molecular complexity index is 453. The van der Waals surface area contributed by atoms with Crippen LogP contribution in [0.2, 0.25) is 5.02 Å². The number of halogens is 2. The van der Waals surface area contributed by atoms with Crippen molar-refractivity contribution in [2.75, 3.05) is 45.9 Å². The summed E-state index contributed by atoms with van der Waals surface area (Å²) >= 11 is 9.53. The molecule has 4 nitrogen and oxygen atoms in total. The fourth-order valence-corrected chi connectivity index (χ4v) is 3.41. The van der Waals surface area contributed by atoms with Gasteiger partial charge in [-0.15, -0.1) is 0 Å². The van der Waals surface area contributed by atoms with Crippen LogP contribution in [0.3, 0.4) is 0 Å². The molecule has 0 aromatic heterocycles. The van der Waals surface area contributed by atoms with Crippen LogP contribution in [-0.4, -0.2) is 65.9 Å². The van der Waals surface area contributed by atoms with E-state index in [4.69, 9.17) is 16.7 Å². The smallest absolute Gasteiger partial charge is 0.0816 e. The molecule has 2 rings (SSSR count). The van der Waals surface area contributed by atoms with Crippen LogP contribution in [-0.2, 0) is 0 Å². The lowest BCUT2D eigenvalue weighted by Gasteiger charge is -2.34. The molecule has 1 fully saturated rings. The van der Waals surface area contributed by atoms with Crippen molar-refractivity contribution in [2.24, 2.45) is 0 Å². The molecule has 0 spiro atoms. The van der Waals surface area contributed by atoms with Gasteiger partial charge in [0.15, 0.2) is 0 Å². The minimum atomic E-state index is -0.527. The maximum absolute atomic E-state index is 10.3. The first kappa shape index (κ1) is 17.2. The summed E-state index contributed by atoms with van der Waals surface area (Å²) in [6.07, 6.45) is 0.155. The zero-order valence-corrected chi connectivity index (χ0v) is 14.4. The Morgan fingerprint density at radius 3 is 2.33 bits per heavy atom. The highest BCUT2D eigenvalue weighted by Crippen LogP contribution is 2.28. The Kier molecular flexibility index (Phi) is 6.92. The number of rotatable bonds is 6. The van der Waals surface area contributed by atoms with Crippen molar-refractivity contribution in [1.82, 2.24) is 9.80 Å². The van der Waals surface area contributed by atoms with Crippen LogP contribution in [0.4, 0.5) is 0 Å². The van der Waals surface area contributed by atoms with E-state index in [0.717, 1.165) is 49.3 Å². The number of aliphatic hydroxyl groups excluding tert-OH is 2. The monoisotopic (exact) mass is 376 g/mol. The van der Waals surface area contributed by atoms with Gasteiger partial charge in [-0.2, -0.15) is 0 Å². The molecule has 21 heavy (non-hydrogen) atoms. The molecular weight excluding hydrogens is 356 g/mol. The van der Waals surface area contributed by atoms with Crippen LogP contribution in [0.25, 0.3) is 0 Å². The zero-order valence-electron chi connectivity index (χ0n) is 12.0. The first-order valence-electron chi connectivity index (χ1n) is 7.28. The third-order valence-corrected chi connectivity index (χ3v) is 4.74. The van der Waals surface area contributed by atoms with Crippen LogP contribution in [0.5, 0.6) is 0 Å². The summed E-state index contributed by atoms with van der Waals surface area (Å²) in [5.41, 5.74) is 0.791. The number of piperazine rings is 1. The minimum Gasteiger partial charge on any atom is -0.395 e. The molecule has 1 aromatic carbocycles. The van der Waals surface area contributed by atoms with E-state index in [1.165, 1.54) is 0 Å². The highest BCUT2D eigenvalue weighted by molar-refractivity contribution is 9.10. The molecule has 118 valence electrons. The Hall–Kier alpha value is -0.170. The average Bonchev–Trinajstić information content (AvgIpc) is 2.46. The quantitative estimate of drug-likeness (QED) is 0.797. The molecule has 0 aliphatic carbocycles. The van der Waals surface area contributed by atoms with Crippen LogP contribution >= 0.6 is 27.5 Å². The number of aliphatic hydroxyl groups is 2.